The molecule has 3 aliphatic rings. The lowest BCUT2D eigenvalue weighted by Crippen LogP contribution is -2.45. The summed E-state index contributed by atoms with van der Waals surface area (Å²) in [7, 11) is 1.66. The standard InChI is InChI=1S/C28H32N6O3/c1-3-21-6-4-7-23(16-21)34-28-24(19-32-34)27(30-20-31-28)29-18-22-8-9-25(35-2)26(17-22)37-13-5-10-33-11-14-36-15-12-33/h1,4,6-9,16-17,19-20,24,28H,5,10-15,18H2,2H3,(H,29,30,31). The third-order valence-electron chi connectivity index (χ3n) is 6.60. The van der Waals surface area contributed by atoms with E-state index < -0.39 is 0 Å². The van der Waals surface area contributed by atoms with Crippen LogP contribution in [0.5, 0.6) is 11.5 Å². The van der Waals surface area contributed by atoms with Crippen molar-refractivity contribution in [2.75, 3.05) is 51.6 Å². The zero-order chi connectivity index (χ0) is 25.5. The maximum atomic E-state index is 6.09. The lowest BCUT2D eigenvalue weighted by atomic mass is 10.1. The Kier molecular flexibility index (Phi) is 7.99. The van der Waals surface area contributed by atoms with E-state index in [1.54, 1.807) is 13.4 Å². The highest BCUT2D eigenvalue weighted by Gasteiger charge is 2.37. The van der Waals surface area contributed by atoms with E-state index >= 15 is 0 Å². The van der Waals surface area contributed by atoms with E-state index in [9.17, 15) is 0 Å². The summed E-state index contributed by atoms with van der Waals surface area (Å²) in [5, 5.41) is 9.69. The van der Waals surface area contributed by atoms with E-state index in [1.165, 1.54) is 0 Å². The second kappa shape index (κ2) is 11.9. The van der Waals surface area contributed by atoms with Crippen LogP contribution in [0.4, 0.5) is 5.69 Å². The molecule has 192 valence electrons. The zero-order valence-corrected chi connectivity index (χ0v) is 21.0. The van der Waals surface area contributed by atoms with Gasteiger partial charge in [-0.1, -0.05) is 18.1 Å². The van der Waals surface area contributed by atoms with Gasteiger partial charge in [0.25, 0.3) is 0 Å². The molecule has 2 unspecified atom stereocenters. The predicted octanol–water partition coefficient (Wildman–Crippen LogP) is 2.76. The summed E-state index contributed by atoms with van der Waals surface area (Å²) < 4.78 is 17.0. The summed E-state index contributed by atoms with van der Waals surface area (Å²) in [5.41, 5.74) is 2.75. The van der Waals surface area contributed by atoms with Gasteiger partial charge in [0, 0.05) is 31.4 Å². The zero-order valence-electron chi connectivity index (χ0n) is 21.0. The van der Waals surface area contributed by atoms with Crippen molar-refractivity contribution in [3.63, 3.8) is 0 Å². The Hall–Kier alpha value is -3.87. The SMILES string of the molecule is C#Cc1cccc(N2N=CC3C(=NCc4ccc(OC)c(OCCCN5CCOCC5)c4)NC=NC32)c1. The normalized spacial score (nSPS) is 21.9. The van der Waals surface area contributed by atoms with Crippen LogP contribution in [0.1, 0.15) is 17.5 Å². The predicted molar refractivity (Wildman–Crippen MR) is 146 cm³/mol. The van der Waals surface area contributed by atoms with Crippen molar-refractivity contribution in [1.82, 2.24) is 10.2 Å². The number of hydrogen-bond donors (Lipinski definition) is 1. The van der Waals surface area contributed by atoms with Gasteiger partial charge in [-0.15, -0.1) is 6.42 Å². The smallest absolute Gasteiger partial charge is 0.161 e. The average molecular weight is 501 g/mol. The van der Waals surface area contributed by atoms with Crippen LogP contribution in [0.2, 0.25) is 0 Å². The summed E-state index contributed by atoms with van der Waals surface area (Å²) in [6.45, 7) is 5.71. The largest absolute Gasteiger partial charge is 0.493 e. The molecule has 0 spiro atoms. The van der Waals surface area contributed by atoms with Crippen LogP contribution in [-0.4, -0.2) is 76.0 Å². The van der Waals surface area contributed by atoms with Gasteiger partial charge in [-0.2, -0.15) is 5.10 Å². The molecule has 2 atom stereocenters. The van der Waals surface area contributed by atoms with Crippen molar-refractivity contribution in [1.29, 1.82) is 0 Å². The lowest BCUT2D eigenvalue weighted by Gasteiger charge is -2.28. The van der Waals surface area contributed by atoms with Crippen LogP contribution in [0.3, 0.4) is 0 Å². The Labute approximate surface area is 217 Å². The first-order valence-electron chi connectivity index (χ1n) is 12.6. The van der Waals surface area contributed by atoms with E-state index in [0.29, 0.717) is 13.2 Å². The van der Waals surface area contributed by atoms with Crippen molar-refractivity contribution < 1.29 is 14.2 Å². The van der Waals surface area contributed by atoms with Gasteiger partial charge in [-0.3, -0.25) is 9.89 Å². The number of morpholine rings is 1. The molecule has 5 rings (SSSR count). The van der Waals surface area contributed by atoms with E-state index in [0.717, 1.165) is 73.4 Å². The monoisotopic (exact) mass is 500 g/mol. The first kappa shape index (κ1) is 24.8. The van der Waals surface area contributed by atoms with Gasteiger partial charge in [0.15, 0.2) is 17.7 Å². The number of fused-ring (bicyclic) bond motifs is 1. The number of nitrogens with one attached hydrogen (secondary N) is 1. The Bertz CT molecular complexity index is 1210. The Morgan fingerprint density at radius 2 is 2.08 bits per heavy atom. The number of amidine groups is 1. The highest BCUT2D eigenvalue weighted by Crippen LogP contribution is 2.30. The summed E-state index contributed by atoms with van der Waals surface area (Å²) in [6, 6.07) is 13.7. The van der Waals surface area contributed by atoms with Gasteiger partial charge >= 0.3 is 0 Å². The molecule has 1 saturated heterocycles. The maximum Gasteiger partial charge on any atom is 0.161 e. The summed E-state index contributed by atoms with van der Waals surface area (Å²) >= 11 is 0. The molecule has 9 heteroatoms. The first-order valence-corrected chi connectivity index (χ1v) is 12.6. The molecular formula is C28H32N6O3. The number of anilines is 1. The quantitative estimate of drug-likeness (QED) is 0.421. The molecule has 0 radical (unpaired) electrons. The molecule has 1 N–H and O–H groups in total. The maximum absolute atomic E-state index is 6.09. The van der Waals surface area contributed by atoms with Gasteiger partial charge in [0.1, 0.15) is 5.84 Å². The molecule has 0 bridgehead atoms. The van der Waals surface area contributed by atoms with Crippen LogP contribution in [0, 0.1) is 18.3 Å². The van der Waals surface area contributed by atoms with Crippen molar-refractivity contribution in [3.8, 4) is 23.8 Å². The minimum atomic E-state index is -0.200. The number of rotatable bonds is 9. The molecule has 0 amide bonds. The number of terminal acetylenes is 1. The Morgan fingerprint density at radius 1 is 1.19 bits per heavy atom. The lowest BCUT2D eigenvalue weighted by molar-refractivity contribution is 0.0357. The fourth-order valence-corrected chi connectivity index (χ4v) is 4.60. The fourth-order valence-electron chi connectivity index (χ4n) is 4.60. The number of nitrogens with zero attached hydrogens (tertiary/aromatic N) is 5. The van der Waals surface area contributed by atoms with E-state index in [2.05, 4.69) is 26.2 Å². The Morgan fingerprint density at radius 3 is 2.92 bits per heavy atom. The number of methoxy groups -OCH3 is 1. The topological polar surface area (TPSA) is 83.3 Å². The van der Waals surface area contributed by atoms with Gasteiger partial charge in [-0.05, 0) is 42.3 Å². The number of hydrazone groups is 1. The summed E-state index contributed by atoms with van der Waals surface area (Å²) in [6.07, 6.45) is 9.88. The highest BCUT2D eigenvalue weighted by atomic mass is 16.5. The molecule has 2 aromatic rings. The van der Waals surface area contributed by atoms with Crippen LogP contribution in [0.25, 0.3) is 0 Å². The van der Waals surface area contributed by atoms with E-state index in [-0.39, 0.29) is 12.1 Å². The molecule has 0 aliphatic carbocycles. The molecule has 3 aliphatic heterocycles. The first-order chi connectivity index (χ1) is 18.2. The summed E-state index contributed by atoms with van der Waals surface area (Å²) in [5.74, 6) is 4.88. The van der Waals surface area contributed by atoms with Crippen LogP contribution < -0.4 is 19.8 Å². The molecule has 1 fully saturated rings. The molecule has 9 nitrogen and oxygen atoms in total. The van der Waals surface area contributed by atoms with Crippen LogP contribution in [-0.2, 0) is 11.3 Å². The second-order valence-corrected chi connectivity index (χ2v) is 9.01. The van der Waals surface area contributed by atoms with Gasteiger partial charge in [-0.25, -0.2) is 10.0 Å². The van der Waals surface area contributed by atoms with Crippen molar-refractivity contribution in [3.05, 3.63) is 53.6 Å². The van der Waals surface area contributed by atoms with Crippen molar-refractivity contribution in [2.45, 2.75) is 19.1 Å². The number of hydrogen-bond acceptors (Lipinski definition) is 8. The summed E-state index contributed by atoms with van der Waals surface area (Å²) in [4.78, 5) is 11.9. The number of aliphatic imine (C=N–C) groups is 2. The minimum absolute atomic E-state index is 0.0753. The number of benzene rings is 2. The van der Waals surface area contributed by atoms with Crippen molar-refractivity contribution in [2.24, 2.45) is 21.0 Å². The van der Waals surface area contributed by atoms with E-state index in [4.69, 9.17) is 25.6 Å². The van der Waals surface area contributed by atoms with Crippen molar-refractivity contribution >= 4 is 24.1 Å². The highest BCUT2D eigenvalue weighted by molar-refractivity contribution is 6.06. The van der Waals surface area contributed by atoms with Crippen LogP contribution in [0.15, 0.2) is 57.6 Å². The van der Waals surface area contributed by atoms with E-state index in [1.807, 2.05) is 53.7 Å². The van der Waals surface area contributed by atoms with Crippen LogP contribution >= 0.6 is 0 Å². The van der Waals surface area contributed by atoms with Gasteiger partial charge in [0.05, 0.1) is 51.4 Å². The molecule has 2 aromatic carbocycles. The molecule has 0 saturated carbocycles. The molecular weight excluding hydrogens is 468 g/mol. The molecule has 37 heavy (non-hydrogen) atoms. The Balaban J connectivity index is 1.21. The molecule has 0 aromatic heterocycles. The minimum Gasteiger partial charge on any atom is -0.493 e. The third-order valence-corrected chi connectivity index (χ3v) is 6.60. The third kappa shape index (κ3) is 5.93. The number of ether oxygens (including phenoxy) is 3. The van der Waals surface area contributed by atoms with Gasteiger partial charge < -0.3 is 19.5 Å². The second-order valence-electron chi connectivity index (χ2n) is 9.01. The fraction of sp³-hybridized carbons (Fsp3) is 0.393. The average Bonchev–Trinajstić information content (AvgIpc) is 3.40. The molecule has 3 heterocycles. The van der Waals surface area contributed by atoms with Gasteiger partial charge in [0.2, 0.25) is 0 Å².